The summed E-state index contributed by atoms with van der Waals surface area (Å²) >= 11 is 12.3. The zero-order chi connectivity index (χ0) is 24.2. The van der Waals surface area contributed by atoms with Crippen molar-refractivity contribution in [3.8, 4) is 0 Å². The Bertz CT molecular complexity index is 1290. The van der Waals surface area contributed by atoms with Crippen LogP contribution in [-0.4, -0.2) is 30.4 Å². The lowest BCUT2D eigenvalue weighted by molar-refractivity contribution is -0.122. The first-order valence-corrected chi connectivity index (χ1v) is 11.1. The fourth-order valence-corrected chi connectivity index (χ4v) is 4.55. The number of carbonyl (C=O) groups excluding carboxylic acids is 3. The number of hydrogen-bond donors (Lipinski definition) is 1. The van der Waals surface area contributed by atoms with Crippen molar-refractivity contribution in [2.75, 3.05) is 16.8 Å². The smallest absolute Gasteiger partial charge is 0.336 e. The standard InChI is InChI=1S/C25H23Cl2N3O3/c1-13-9-20-16(14(2)12-25(3,4)29(20)5)10-15(13)11-17-22(31)28-24(33)30(23(17)32)19-8-6-7-18(26)21(19)27/h6-12H,1-5H3,(H,28,31,33)/b17-11-. The Kier molecular flexibility index (Phi) is 5.63. The highest BCUT2D eigenvalue weighted by atomic mass is 35.5. The van der Waals surface area contributed by atoms with Crippen molar-refractivity contribution < 1.29 is 14.4 Å². The summed E-state index contributed by atoms with van der Waals surface area (Å²) in [6, 6.07) is 7.74. The number of rotatable bonds is 2. The zero-order valence-electron chi connectivity index (χ0n) is 18.9. The molecule has 2 heterocycles. The van der Waals surface area contributed by atoms with Gasteiger partial charge in [-0.3, -0.25) is 14.9 Å². The molecule has 0 saturated carbocycles. The van der Waals surface area contributed by atoms with Crippen LogP contribution in [0.3, 0.4) is 0 Å². The Morgan fingerprint density at radius 3 is 2.42 bits per heavy atom. The van der Waals surface area contributed by atoms with Gasteiger partial charge in [-0.1, -0.05) is 35.3 Å². The lowest BCUT2D eigenvalue weighted by atomic mass is 9.87. The van der Waals surface area contributed by atoms with E-state index in [0.717, 1.165) is 27.3 Å². The number of nitrogens with zero attached hydrogens (tertiary/aromatic N) is 2. The van der Waals surface area contributed by atoms with Crippen LogP contribution in [0, 0.1) is 6.92 Å². The van der Waals surface area contributed by atoms with Gasteiger partial charge >= 0.3 is 6.03 Å². The van der Waals surface area contributed by atoms with Crippen molar-refractivity contribution in [1.82, 2.24) is 5.32 Å². The van der Waals surface area contributed by atoms with Gasteiger partial charge in [0.05, 0.1) is 21.3 Å². The van der Waals surface area contributed by atoms with Crippen LogP contribution in [0.4, 0.5) is 16.2 Å². The van der Waals surface area contributed by atoms with Crippen molar-refractivity contribution in [2.45, 2.75) is 33.2 Å². The first kappa shape index (κ1) is 23.1. The summed E-state index contributed by atoms with van der Waals surface area (Å²) < 4.78 is 0. The van der Waals surface area contributed by atoms with Gasteiger partial charge in [0.2, 0.25) is 0 Å². The van der Waals surface area contributed by atoms with Crippen molar-refractivity contribution in [1.29, 1.82) is 0 Å². The Hall–Kier alpha value is -3.09. The average molecular weight is 484 g/mol. The van der Waals surface area contributed by atoms with Crippen LogP contribution in [0.1, 0.15) is 37.5 Å². The number of amides is 4. The van der Waals surface area contributed by atoms with Gasteiger partial charge in [-0.05, 0) is 74.7 Å². The maximum absolute atomic E-state index is 13.3. The topological polar surface area (TPSA) is 69.7 Å². The average Bonchev–Trinajstić information content (AvgIpc) is 2.72. The third kappa shape index (κ3) is 3.83. The van der Waals surface area contributed by atoms with Crippen molar-refractivity contribution in [3.05, 3.63) is 68.7 Å². The van der Waals surface area contributed by atoms with E-state index < -0.39 is 17.8 Å². The van der Waals surface area contributed by atoms with Gasteiger partial charge in [-0.25, -0.2) is 9.69 Å². The third-order valence-electron chi connectivity index (χ3n) is 6.18. The molecule has 33 heavy (non-hydrogen) atoms. The molecule has 0 bridgehead atoms. The fraction of sp³-hybridized carbons (Fsp3) is 0.240. The molecule has 8 heteroatoms. The summed E-state index contributed by atoms with van der Waals surface area (Å²) in [5.41, 5.74) is 4.59. The van der Waals surface area contributed by atoms with E-state index in [9.17, 15) is 14.4 Å². The molecule has 0 radical (unpaired) electrons. The predicted octanol–water partition coefficient (Wildman–Crippen LogP) is 5.60. The number of hydrogen-bond acceptors (Lipinski definition) is 4. The van der Waals surface area contributed by atoms with E-state index in [-0.39, 0.29) is 26.8 Å². The first-order chi connectivity index (χ1) is 15.4. The molecule has 1 N–H and O–H groups in total. The van der Waals surface area contributed by atoms with Gasteiger partial charge in [-0.2, -0.15) is 0 Å². The second-order valence-electron chi connectivity index (χ2n) is 8.80. The van der Waals surface area contributed by atoms with Crippen LogP contribution in [0.15, 0.2) is 42.0 Å². The SMILES string of the molecule is CC1=CC(C)(C)N(C)c2cc(C)c(/C=C3/C(=O)NC(=O)N(c4cccc(Cl)c4Cl)C3=O)cc21. The second kappa shape index (κ2) is 8.04. The molecule has 0 unspecified atom stereocenters. The summed E-state index contributed by atoms with van der Waals surface area (Å²) in [6.45, 7) is 8.24. The minimum absolute atomic E-state index is 0.0488. The van der Waals surface area contributed by atoms with E-state index in [1.807, 2.05) is 33.0 Å². The lowest BCUT2D eigenvalue weighted by Gasteiger charge is -2.41. The van der Waals surface area contributed by atoms with Gasteiger partial charge in [0, 0.05) is 18.3 Å². The molecule has 2 aromatic carbocycles. The van der Waals surface area contributed by atoms with Gasteiger partial charge in [-0.15, -0.1) is 0 Å². The van der Waals surface area contributed by atoms with Crippen LogP contribution in [0.5, 0.6) is 0 Å². The Morgan fingerprint density at radius 1 is 1.03 bits per heavy atom. The number of barbiturate groups is 1. The van der Waals surface area contributed by atoms with Gasteiger partial charge in [0.15, 0.2) is 0 Å². The highest BCUT2D eigenvalue weighted by Crippen LogP contribution is 2.40. The highest BCUT2D eigenvalue weighted by molar-refractivity contribution is 6.46. The summed E-state index contributed by atoms with van der Waals surface area (Å²) in [5.74, 6) is -1.53. The largest absolute Gasteiger partial charge is 0.365 e. The highest BCUT2D eigenvalue weighted by Gasteiger charge is 2.38. The molecule has 2 aliphatic heterocycles. The molecule has 2 aromatic rings. The number of fused-ring (bicyclic) bond motifs is 1. The quantitative estimate of drug-likeness (QED) is 0.445. The lowest BCUT2D eigenvalue weighted by Crippen LogP contribution is -2.54. The number of benzene rings is 2. The van der Waals surface area contributed by atoms with E-state index in [1.165, 1.54) is 12.1 Å². The maximum Gasteiger partial charge on any atom is 0.336 e. The molecule has 4 rings (SSSR count). The molecule has 0 atom stereocenters. The molecule has 4 amide bonds. The van der Waals surface area contributed by atoms with Crippen molar-refractivity contribution in [2.24, 2.45) is 0 Å². The molecule has 0 aromatic heterocycles. The van der Waals surface area contributed by atoms with E-state index in [0.29, 0.717) is 5.56 Å². The molecule has 2 aliphatic rings. The molecule has 0 spiro atoms. The monoisotopic (exact) mass is 483 g/mol. The number of allylic oxidation sites excluding steroid dienone is 1. The van der Waals surface area contributed by atoms with Crippen LogP contribution in [-0.2, 0) is 9.59 Å². The van der Waals surface area contributed by atoms with Crippen LogP contribution in [0.2, 0.25) is 10.0 Å². The van der Waals surface area contributed by atoms with Crippen LogP contribution in [0.25, 0.3) is 11.6 Å². The Balaban J connectivity index is 1.81. The first-order valence-electron chi connectivity index (χ1n) is 10.4. The Morgan fingerprint density at radius 2 is 1.73 bits per heavy atom. The number of halogens is 2. The number of urea groups is 1. The number of aryl methyl sites for hydroxylation is 1. The van der Waals surface area contributed by atoms with Crippen LogP contribution < -0.4 is 15.1 Å². The second-order valence-corrected chi connectivity index (χ2v) is 9.58. The molecule has 170 valence electrons. The number of likely N-dealkylation sites (N-methyl/N-ethyl adjacent to an activating group) is 1. The summed E-state index contributed by atoms with van der Waals surface area (Å²) in [7, 11) is 2.04. The van der Waals surface area contributed by atoms with Crippen molar-refractivity contribution >= 4 is 64.1 Å². The van der Waals surface area contributed by atoms with Gasteiger partial charge in [0.25, 0.3) is 11.8 Å². The summed E-state index contributed by atoms with van der Waals surface area (Å²) in [4.78, 5) is 41.4. The summed E-state index contributed by atoms with van der Waals surface area (Å²) in [5, 5.41) is 2.46. The van der Waals surface area contributed by atoms with Gasteiger partial charge < -0.3 is 4.90 Å². The molecule has 0 aliphatic carbocycles. The third-order valence-corrected chi connectivity index (χ3v) is 6.99. The van der Waals surface area contributed by atoms with E-state index in [2.05, 4.69) is 30.1 Å². The number of imide groups is 2. The zero-order valence-corrected chi connectivity index (χ0v) is 20.4. The molecular formula is C25H23Cl2N3O3. The minimum Gasteiger partial charge on any atom is -0.365 e. The van der Waals surface area contributed by atoms with E-state index in [1.54, 1.807) is 12.1 Å². The fourth-order valence-electron chi connectivity index (χ4n) is 4.17. The minimum atomic E-state index is -0.879. The van der Waals surface area contributed by atoms with Crippen molar-refractivity contribution in [3.63, 3.8) is 0 Å². The van der Waals surface area contributed by atoms with E-state index in [4.69, 9.17) is 23.2 Å². The molecular weight excluding hydrogens is 461 g/mol. The number of anilines is 2. The summed E-state index contributed by atoms with van der Waals surface area (Å²) in [6.07, 6.45) is 3.69. The molecule has 1 fully saturated rings. The Labute approximate surface area is 202 Å². The number of carbonyl (C=O) groups is 3. The van der Waals surface area contributed by atoms with Crippen LogP contribution >= 0.6 is 23.2 Å². The normalized spacial score (nSPS) is 18.9. The van der Waals surface area contributed by atoms with E-state index >= 15 is 0 Å². The maximum atomic E-state index is 13.3. The number of nitrogens with one attached hydrogen (secondary N) is 1. The van der Waals surface area contributed by atoms with Gasteiger partial charge in [0.1, 0.15) is 5.57 Å². The molecule has 1 saturated heterocycles. The molecule has 6 nitrogen and oxygen atoms in total. The predicted molar refractivity (Wildman–Crippen MR) is 133 cm³/mol.